The third kappa shape index (κ3) is 7.51. The highest BCUT2D eigenvalue weighted by Crippen LogP contribution is 2.16. The number of amides is 1. The molecular formula is C17H26N2O2. The third-order valence-electron chi connectivity index (χ3n) is 2.90. The Kier molecular flexibility index (Phi) is 6.96. The van der Waals surface area contributed by atoms with Gasteiger partial charge in [-0.05, 0) is 30.8 Å². The molecule has 2 N–H and O–H groups in total. The van der Waals surface area contributed by atoms with Crippen molar-refractivity contribution in [3.63, 3.8) is 0 Å². The van der Waals surface area contributed by atoms with E-state index in [1.165, 1.54) is 6.92 Å². The van der Waals surface area contributed by atoms with Gasteiger partial charge in [0.05, 0.1) is 13.2 Å². The van der Waals surface area contributed by atoms with Crippen LogP contribution in [0.1, 0.15) is 33.3 Å². The number of carbonyl (C=O) groups excluding carboxylic acids is 1. The number of carbonyl (C=O) groups is 1. The Balaban J connectivity index is 2.36. The topological polar surface area (TPSA) is 50.4 Å². The Hall–Kier alpha value is -1.81. The Morgan fingerprint density at radius 2 is 1.95 bits per heavy atom. The van der Waals surface area contributed by atoms with Crippen LogP contribution < -0.4 is 10.6 Å². The average molecular weight is 290 g/mol. The quantitative estimate of drug-likeness (QED) is 0.772. The van der Waals surface area contributed by atoms with Crippen LogP contribution in [0, 0.1) is 5.41 Å². The molecule has 1 rings (SSSR count). The Labute approximate surface area is 127 Å². The minimum atomic E-state index is -0.0608. The summed E-state index contributed by atoms with van der Waals surface area (Å²) in [6, 6.07) is 7.71. The van der Waals surface area contributed by atoms with E-state index in [-0.39, 0.29) is 11.3 Å². The Morgan fingerprint density at radius 1 is 1.29 bits per heavy atom. The van der Waals surface area contributed by atoms with Gasteiger partial charge < -0.3 is 15.4 Å². The SMILES string of the molecule is C/C=C/NCC(C)(C)COCc1ccc(NC(C)=O)cc1. The molecule has 0 radical (unpaired) electrons. The first-order valence-electron chi connectivity index (χ1n) is 7.22. The van der Waals surface area contributed by atoms with Crippen LogP contribution in [0.5, 0.6) is 0 Å². The van der Waals surface area contributed by atoms with Crippen LogP contribution in [0.3, 0.4) is 0 Å². The summed E-state index contributed by atoms with van der Waals surface area (Å²) in [5, 5.41) is 6.00. The number of rotatable bonds is 8. The molecule has 0 aromatic heterocycles. The smallest absolute Gasteiger partial charge is 0.221 e. The fraction of sp³-hybridized carbons (Fsp3) is 0.471. The molecule has 0 unspecified atom stereocenters. The molecule has 0 saturated heterocycles. The molecule has 0 heterocycles. The molecule has 1 aromatic carbocycles. The number of nitrogens with one attached hydrogen (secondary N) is 2. The van der Waals surface area contributed by atoms with Gasteiger partial charge in [-0.3, -0.25) is 4.79 Å². The highest BCUT2D eigenvalue weighted by atomic mass is 16.5. The van der Waals surface area contributed by atoms with Crippen molar-refractivity contribution >= 4 is 11.6 Å². The van der Waals surface area contributed by atoms with Crippen LogP contribution in [-0.4, -0.2) is 19.1 Å². The second-order valence-corrected chi connectivity index (χ2v) is 5.92. The van der Waals surface area contributed by atoms with E-state index in [9.17, 15) is 4.79 Å². The standard InChI is InChI=1S/C17H26N2O2/c1-5-10-18-12-17(3,4)13-21-11-15-6-8-16(9-7-15)19-14(2)20/h5-10,18H,11-13H2,1-4H3,(H,19,20)/b10-5+. The predicted molar refractivity (Wildman–Crippen MR) is 87.0 cm³/mol. The Bertz CT molecular complexity index is 464. The van der Waals surface area contributed by atoms with Crippen LogP contribution in [-0.2, 0) is 16.1 Å². The number of allylic oxidation sites excluding steroid dienone is 1. The van der Waals surface area contributed by atoms with E-state index in [1.807, 2.05) is 43.5 Å². The fourth-order valence-electron chi connectivity index (χ4n) is 1.84. The van der Waals surface area contributed by atoms with Gasteiger partial charge in [0.25, 0.3) is 0 Å². The van der Waals surface area contributed by atoms with Crippen molar-refractivity contribution in [2.24, 2.45) is 5.41 Å². The highest BCUT2D eigenvalue weighted by Gasteiger charge is 2.17. The maximum atomic E-state index is 10.9. The van der Waals surface area contributed by atoms with Crippen molar-refractivity contribution in [2.75, 3.05) is 18.5 Å². The molecule has 0 spiro atoms. The van der Waals surface area contributed by atoms with E-state index in [2.05, 4.69) is 24.5 Å². The first-order valence-corrected chi connectivity index (χ1v) is 7.22. The highest BCUT2D eigenvalue weighted by molar-refractivity contribution is 5.88. The van der Waals surface area contributed by atoms with E-state index in [1.54, 1.807) is 0 Å². The third-order valence-corrected chi connectivity index (χ3v) is 2.90. The van der Waals surface area contributed by atoms with Gasteiger partial charge in [0.1, 0.15) is 0 Å². The summed E-state index contributed by atoms with van der Waals surface area (Å²) in [7, 11) is 0. The molecule has 1 aromatic rings. The van der Waals surface area contributed by atoms with E-state index >= 15 is 0 Å². The van der Waals surface area contributed by atoms with Crippen LogP contribution in [0.15, 0.2) is 36.5 Å². The summed E-state index contributed by atoms with van der Waals surface area (Å²) in [4.78, 5) is 10.9. The lowest BCUT2D eigenvalue weighted by Crippen LogP contribution is -2.30. The van der Waals surface area contributed by atoms with Crippen molar-refractivity contribution < 1.29 is 9.53 Å². The van der Waals surface area contributed by atoms with Crippen LogP contribution in [0.25, 0.3) is 0 Å². The summed E-state index contributed by atoms with van der Waals surface area (Å²) in [5.74, 6) is -0.0608. The molecule has 4 nitrogen and oxygen atoms in total. The van der Waals surface area contributed by atoms with Crippen LogP contribution >= 0.6 is 0 Å². The van der Waals surface area contributed by atoms with Gasteiger partial charge in [-0.15, -0.1) is 0 Å². The van der Waals surface area contributed by atoms with E-state index in [4.69, 9.17) is 4.74 Å². The first kappa shape index (κ1) is 17.2. The normalized spacial score (nSPS) is 11.6. The summed E-state index contributed by atoms with van der Waals surface area (Å²) in [5.41, 5.74) is 1.98. The predicted octanol–water partition coefficient (Wildman–Crippen LogP) is 3.31. The molecule has 1 amide bonds. The molecule has 0 fully saturated rings. The van der Waals surface area contributed by atoms with E-state index in [0.29, 0.717) is 13.2 Å². The molecule has 0 atom stereocenters. The summed E-state index contributed by atoms with van der Waals surface area (Å²) < 4.78 is 5.78. The molecule has 116 valence electrons. The molecule has 0 aliphatic heterocycles. The molecule has 0 bridgehead atoms. The minimum Gasteiger partial charge on any atom is -0.391 e. The minimum absolute atomic E-state index is 0.0608. The van der Waals surface area contributed by atoms with Crippen molar-refractivity contribution in [1.82, 2.24) is 5.32 Å². The second-order valence-electron chi connectivity index (χ2n) is 5.92. The number of ether oxygens (including phenoxy) is 1. The lowest BCUT2D eigenvalue weighted by Gasteiger charge is -2.24. The van der Waals surface area contributed by atoms with Gasteiger partial charge >= 0.3 is 0 Å². The molecule has 0 aliphatic carbocycles. The molecule has 4 heteroatoms. The summed E-state index contributed by atoms with van der Waals surface area (Å²) in [6.45, 7) is 9.96. The monoisotopic (exact) mass is 290 g/mol. The fourth-order valence-corrected chi connectivity index (χ4v) is 1.84. The zero-order valence-electron chi connectivity index (χ0n) is 13.4. The zero-order chi connectivity index (χ0) is 15.7. The van der Waals surface area contributed by atoms with Crippen molar-refractivity contribution in [2.45, 2.75) is 34.3 Å². The van der Waals surface area contributed by atoms with E-state index < -0.39 is 0 Å². The maximum absolute atomic E-state index is 10.9. The number of hydrogen-bond donors (Lipinski definition) is 2. The van der Waals surface area contributed by atoms with Crippen molar-refractivity contribution in [3.05, 3.63) is 42.1 Å². The van der Waals surface area contributed by atoms with E-state index in [0.717, 1.165) is 17.8 Å². The van der Waals surface area contributed by atoms with Gasteiger partial charge in [0.2, 0.25) is 5.91 Å². The summed E-state index contributed by atoms with van der Waals surface area (Å²) in [6.07, 6.45) is 3.93. The average Bonchev–Trinajstić information content (AvgIpc) is 2.40. The van der Waals surface area contributed by atoms with Gasteiger partial charge in [0, 0.05) is 24.6 Å². The lowest BCUT2D eigenvalue weighted by atomic mass is 9.95. The van der Waals surface area contributed by atoms with Gasteiger partial charge in [-0.25, -0.2) is 0 Å². The molecule has 21 heavy (non-hydrogen) atoms. The van der Waals surface area contributed by atoms with Gasteiger partial charge in [0.15, 0.2) is 0 Å². The van der Waals surface area contributed by atoms with Gasteiger partial charge in [-0.1, -0.05) is 32.1 Å². The van der Waals surface area contributed by atoms with Crippen molar-refractivity contribution in [1.29, 1.82) is 0 Å². The summed E-state index contributed by atoms with van der Waals surface area (Å²) >= 11 is 0. The van der Waals surface area contributed by atoms with Gasteiger partial charge in [-0.2, -0.15) is 0 Å². The number of hydrogen-bond acceptors (Lipinski definition) is 3. The number of anilines is 1. The Morgan fingerprint density at radius 3 is 2.52 bits per heavy atom. The largest absolute Gasteiger partial charge is 0.391 e. The van der Waals surface area contributed by atoms with Crippen molar-refractivity contribution in [3.8, 4) is 0 Å². The van der Waals surface area contributed by atoms with Crippen LogP contribution in [0.4, 0.5) is 5.69 Å². The first-order chi connectivity index (χ1) is 9.93. The zero-order valence-corrected chi connectivity index (χ0v) is 13.4. The van der Waals surface area contributed by atoms with Crippen LogP contribution in [0.2, 0.25) is 0 Å². The molecule has 0 saturated carbocycles. The lowest BCUT2D eigenvalue weighted by molar-refractivity contribution is -0.114. The second kappa shape index (κ2) is 8.47. The maximum Gasteiger partial charge on any atom is 0.221 e. The molecular weight excluding hydrogens is 264 g/mol. The molecule has 0 aliphatic rings. The number of benzene rings is 1.